The van der Waals surface area contributed by atoms with Crippen LogP contribution in [0.5, 0.6) is 0 Å². The Morgan fingerprint density at radius 1 is 0.362 bits per heavy atom. The number of hydrogen-bond donors (Lipinski definition) is 10. The van der Waals surface area contributed by atoms with Crippen LogP contribution in [0.3, 0.4) is 0 Å². The number of ether oxygens (including phenoxy) is 8. The molecule has 678 valence electrons. The summed E-state index contributed by atoms with van der Waals surface area (Å²) in [6, 6.07) is 0. The Morgan fingerprint density at radius 2 is 0.698 bits per heavy atom. The normalized spacial score (nSPS) is 25.6. The summed E-state index contributed by atoms with van der Waals surface area (Å²) in [7, 11) is -5.82. The van der Waals surface area contributed by atoms with E-state index in [1.54, 1.807) is 0 Å². The molecule has 19 atom stereocenters. The number of rotatable bonds is 73. The number of phosphoric acid groups is 1. The Kier molecular flexibility index (Phi) is 62.8. The Labute approximate surface area is 697 Å². The molecule has 0 radical (unpaired) electrons. The van der Waals surface area contributed by atoms with E-state index >= 15 is 0 Å². The summed E-state index contributed by atoms with van der Waals surface area (Å²) in [5.74, 6) is -2.33. The molecule has 1 aliphatic carbocycles. The van der Waals surface area contributed by atoms with E-state index in [0.717, 1.165) is 135 Å². The highest BCUT2D eigenvalue weighted by Gasteiger charge is 2.60. The van der Waals surface area contributed by atoms with Crippen LogP contribution in [0.2, 0.25) is 0 Å². The zero-order chi connectivity index (χ0) is 84.8. The topological polar surface area (TPSA) is 380 Å². The number of aliphatic hydroxyl groups excluding tert-OH is 9. The van der Waals surface area contributed by atoms with Gasteiger partial charge in [-0.05, 0) is 109 Å². The van der Waals surface area contributed by atoms with Gasteiger partial charge in [0.05, 0.1) is 13.2 Å². The molecule has 25 nitrogen and oxygen atoms in total. The minimum absolute atomic E-state index is 0.00594. The number of carbonyl (C=O) groups excluding carboxylic acids is 4. The molecule has 116 heavy (non-hydrogen) atoms. The van der Waals surface area contributed by atoms with Gasteiger partial charge in [0.15, 0.2) is 24.8 Å². The van der Waals surface area contributed by atoms with Crippen molar-refractivity contribution < 1.29 is 122 Å². The number of phosphoric ester groups is 1. The van der Waals surface area contributed by atoms with E-state index in [1.165, 1.54) is 135 Å². The highest BCUT2D eigenvalue weighted by molar-refractivity contribution is 7.47. The van der Waals surface area contributed by atoms with Crippen molar-refractivity contribution >= 4 is 31.7 Å². The van der Waals surface area contributed by atoms with E-state index in [-0.39, 0.29) is 32.1 Å². The molecule has 2 aliphatic heterocycles. The van der Waals surface area contributed by atoms with Crippen molar-refractivity contribution in [3.05, 3.63) is 36.5 Å². The maximum absolute atomic E-state index is 14.9. The second kappa shape index (κ2) is 68.2. The summed E-state index contributed by atoms with van der Waals surface area (Å²) in [5, 5.41) is 102. The summed E-state index contributed by atoms with van der Waals surface area (Å²) in [5.41, 5.74) is 0. The Balaban J connectivity index is 1.93. The summed E-state index contributed by atoms with van der Waals surface area (Å²) >= 11 is 0. The monoisotopic (exact) mass is 1680 g/mol. The number of aliphatic hydroxyl groups is 9. The van der Waals surface area contributed by atoms with Crippen LogP contribution in [0.1, 0.15) is 375 Å². The minimum atomic E-state index is -5.82. The van der Waals surface area contributed by atoms with E-state index in [4.69, 9.17) is 46.9 Å². The SMILES string of the molecule is CCCCCC/C=C\CCCCCCCCCC(=O)OCC1OC(OC2C(OC(=O)CCCCC/C=C\CCCCCCCC)C(O)C(O)C(OC3OC(CO)C(O)C(O)C3O)C2OP(=O)(O)OCC(COC(=O)CCCCCCCCC(C)CCCCCCCC)OC(=O)CCCCC/C=C\CCCCCCCC)C(O)C(O)C1O. The molecule has 3 aliphatic rings. The van der Waals surface area contributed by atoms with E-state index in [0.29, 0.717) is 44.4 Å². The largest absolute Gasteiger partial charge is 0.472 e. The van der Waals surface area contributed by atoms with Crippen LogP contribution in [0, 0.1) is 5.92 Å². The van der Waals surface area contributed by atoms with Crippen molar-refractivity contribution in [2.45, 2.75) is 479 Å². The molecule has 0 aromatic rings. The van der Waals surface area contributed by atoms with Gasteiger partial charge in [0.25, 0.3) is 0 Å². The van der Waals surface area contributed by atoms with Gasteiger partial charge < -0.3 is 88.7 Å². The molecule has 2 saturated heterocycles. The van der Waals surface area contributed by atoms with Gasteiger partial charge in [-0.3, -0.25) is 28.2 Å². The molecular formula is C90H163O25P. The van der Waals surface area contributed by atoms with Crippen molar-refractivity contribution in [1.29, 1.82) is 0 Å². The van der Waals surface area contributed by atoms with Gasteiger partial charge in [0.1, 0.15) is 92.6 Å². The molecule has 3 rings (SSSR count). The first-order valence-corrected chi connectivity index (χ1v) is 47.6. The predicted molar refractivity (Wildman–Crippen MR) is 449 cm³/mol. The van der Waals surface area contributed by atoms with E-state index < -0.39 is 162 Å². The fraction of sp³-hybridized carbons (Fsp3) is 0.889. The van der Waals surface area contributed by atoms with Gasteiger partial charge in [0.2, 0.25) is 0 Å². The van der Waals surface area contributed by atoms with Gasteiger partial charge in [0, 0.05) is 25.7 Å². The van der Waals surface area contributed by atoms with Crippen molar-refractivity contribution in [3.8, 4) is 0 Å². The molecule has 0 spiro atoms. The molecule has 0 amide bonds. The number of carbonyl (C=O) groups is 4. The van der Waals surface area contributed by atoms with Crippen LogP contribution in [0.15, 0.2) is 36.5 Å². The molecule has 1 saturated carbocycles. The molecule has 0 aromatic heterocycles. The van der Waals surface area contributed by atoms with Crippen molar-refractivity contribution in [3.63, 3.8) is 0 Å². The fourth-order valence-electron chi connectivity index (χ4n) is 15.0. The first kappa shape index (κ1) is 107. The number of unbranched alkanes of at least 4 members (excludes halogenated alkanes) is 39. The van der Waals surface area contributed by atoms with Gasteiger partial charge >= 0.3 is 31.7 Å². The average Bonchev–Trinajstić information content (AvgIpc) is 0.754. The molecule has 10 N–H and O–H groups in total. The van der Waals surface area contributed by atoms with E-state index in [2.05, 4.69) is 71.1 Å². The summed E-state index contributed by atoms with van der Waals surface area (Å²) < 4.78 is 73.3. The first-order chi connectivity index (χ1) is 56.1. The highest BCUT2D eigenvalue weighted by atomic mass is 31.2. The summed E-state index contributed by atoms with van der Waals surface area (Å²) in [6.45, 7) is 7.85. The smallest absolute Gasteiger partial charge is 0.463 e. The predicted octanol–water partition coefficient (Wildman–Crippen LogP) is 16.6. The van der Waals surface area contributed by atoms with E-state index in [9.17, 15) is 74.6 Å². The second-order valence-corrected chi connectivity index (χ2v) is 34.5. The molecule has 3 fully saturated rings. The Morgan fingerprint density at radius 3 is 1.13 bits per heavy atom. The maximum Gasteiger partial charge on any atom is 0.472 e. The number of hydrogen-bond acceptors (Lipinski definition) is 24. The lowest BCUT2D eigenvalue weighted by atomic mass is 9.84. The number of esters is 4. The minimum Gasteiger partial charge on any atom is -0.463 e. The quantitative estimate of drug-likeness (QED) is 0.00889. The van der Waals surface area contributed by atoms with Gasteiger partial charge in [-0.15, -0.1) is 0 Å². The standard InChI is InChI=1S/C90H163O25P/c1-6-10-14-18-22-25-28-31-32-35-36-39-42-49-56-62-74(93)107-68-72-78(97)80(99)84(103)90(111-72)114-87-85(112-76(95)64-58-52-44-41-38-34-30-27-24-20-16-12-8-3)81(100)82(101)86(113-89-83(102)79(98)77(96)71(65-91)110-89)88(87)115-116(104,105)108-67-70(109-75(94)63-57-51-43-40-37-33-29-26-23-19-15-11-7-2)66-106-73(92)61-55-50-46-45-48-54-60-69(5)59-53-47-21-17-13-9-4/h25,28,33-34,37-38,69-72,77-91,96-103H,6-24,26-27,29-32,35-36,39-68H2,1-5H3,(H,104,105)/b28-25-,37-33-,38-34-. The number of allylic oxidation sites excluding steroid dienone is 6. The lowest BCUT2D eigenvalue weighted by Gasteiger charge is -2.50. The lowest BCUT2D eigenvalue weighted by molar-refractivity contribution is -0.360. The van der Waals surface area contributed by atoms with Crippen LogP contribution >= 0.6 is 7.82 Å². The summed E-state index contributed by atoms with van der Waals surface area (Å²) in [4.78, 5) is 66.4. The molecule has 2 heterocycles. The van der Waals surface area contributed by atoms with E-state index in [1.807, 2.05) is 0 Å². The molecule has 0 bridgehead atoms. The Bertz CT molecular complexity index is 2580. The van der Waals surface area contributed by atoms with Crippen molar-refractivity contribution in [2.75, 3.05) is 26.4 Å². The van der Waals surface area contributed by atoms with Crippen molar-refractivity contribution in [2.24, 2.45) is 5.92 Å². The third-order valence-corrected chi connectivity index (χ3v) is 23.5. The van der Waals surface area contributed by atoms with Gasteiger partial charge in [-0.25, -0.2) is 4.57 Å². The van der Waals surface area contributed by atoms with Crippen LogP contribution in [-0.4, -0.2) is 205 Å². The van der Waals surface area contributed by atoms with Crippen molar-refractivity contribution in [1.82, 2.24) is 0 Å². The fourth-order valence-corrected chi connectivity index (χ4v) is 16.0. The lowest BCUT2D eigenvalue weighted by Crippen LogP contribution is -2.70. The third-order valence-electron chi connectivity index (χ3n) is 22.5. The second-order valence-electron chi connectivity index (χ2n) is 33.1. The zero-order valence-electron chi connectivity index (χ0n) is 72.2. The van der Waals surface area contributed by atoms with Gasteiger partial charge in [-0.1, -0.05) is 283 Å². The maximum atomic E-state index is 14.9. The zero-order valence-corrected chi connectivity index (χ0v) is 73.1. The molecule has 0 aromatic carbocycles. The van der Waals surface area contributed by atoms with Gasteiger partial charge in [-0.2, -0.15) is 0 Å². The molecule has 26 heteroatoms. The first-order valence-electron chi connectivity index (χ1n) is 46.1. The van der Waals surface area contributed by atoms with Crippen LogP contribution in [0.25, 0.3) is 0 Å². The van der Waals surface area contributed by atoms with Crippen LogP contribution < -0.4 is 0 Å². The molecular weight excluding hydrogens is 1510 g/mol. The molecule has 19 unspecified atom stereocenters. The highest BCUT2D eigenvalue weighted by Crippen LogP contribution is 2.49. The Hall–Kier alpha value is -3.31. The summed E-state index contributed by atoms with van der Waals surface area (Å²) in [6.07, 6.45) is 27.4. The third kappa shape index (κ3) is 48.5. The van der Waals surface area contributed by atoms with Crippen LogP contribution in [-0.2, 0) is 70.7 Å². The average molecular weight is 1680 g/mol. The van der Waals surface area contributed by atoms with Crippen LogP contribution in [0.4, 0.5) is 0 Å².